The maximum atomic E-state index is 14.2. The standard InChI is InChI=1S/C16H20FNO2/c1-4-18-16(13-7-5-11(2)9-14(13)17)15-8-6-12(20-15)10-19-3/h5-9,16,18H,4,10H2,1-3H3. The van der Waals surface area contributed by atoms with Gasteiger partial charge in [-0.15, -0.1) is 0 Å². The topological polar surface area (TPSA) is 34.4 Å². The van der Waals surface area contributed by atoms with Crippen LogP contribution in [0.2, 0.25) is 0 Å². The third-order valence-corrected chi connectivity index (χ3v) is 3.13. The Morgan fingerprint density at radius 1 is 1.30 bits per heavy atom. The number of hydrogen-bond acceptors (Lipinski definition) is 3. The van der Waals surface area contributed by atoms with Gasteiger partial charge in [-0.3, -0.25) is 0 Å². The van der Waals surface area contributed by atoms with Crippen molar-refractivity contribution in [2.45, 2.75) is 26.5 Å². The fourth-order valence-corrected chi connectivity index (χ4v) is 2.20. The molecular weight excluding hydrogens is 257 g/mol. The molecule has 0 spiro atoms. The van der Waals surface area contributed by atoms with E-state index in [2.05, 4.69) is 5.32 Å². The van der Waals surface area contributed by atoms with E-state index < -0.39 is 0 Å². The summed E-state index contributed by atoms with van der Waals surface area (Å²) in [6, 6.07) is 8.68. The van der Waals surface area contributed by atoms with Crippen LogP contribution in [0, 0.1) is 12.7 Å². The molecule has 20 heavy (non-hydrogen) atoms. The fourth-order valence-electron chi connectivity index (χ4n) is 2.20. The third kappa shape index (κ3) is 3.26. The molecule has 0 saturated heterocycles. The van der Waals surface area contributed by atoms with Crippen LogP contribution in [-0.4, -0.2) is 13.7 Å². The Balaban J connectivity index is 2.34. The molecule has 0 radical (unpaired) electrons. The number of furan rings is 1. The average molecular weight is 277 g/mol. The minimum absolute atomic E-state index is 0.222. The van der Waals surface area contributed by atoms with Crippen molar-refractivity contribution in [1.29, 1.82) is 0 Å². The van der Waals surface area contributed by atoms with E-state index in [4.69, 9.17) is 9.15 Å². The molecule has 0 fully saturated rings. The van der Waals surface area contributed by atoms with Gasteiger partial charge in [0.25, 0.3) is 0 Å². The van der Waals surface area contributed by atoms with Gasteiger partial charge in [-0.05, 0) is 37.2 Å². The summed E-state index contributed by atoms with van der Waals surface area (Å²) >= 11 is 0. The maximum Gasteiger partial charge on any atom is 0.129 e. The van der Waals surface area contributed by atoms with Crippen LogP contribution in [0.3, 0.4) is 0 Å². The zero-order chi connectivity index (χ0) is 14.5. The lowest BCUT2D eigenvalue weighted by Crippen LogP contribution is -2.22. The quantitative estimate of drug-likeness (QED) is 0.876. The highest BCUT2D eigenvalue weighted by Gasteiger charge is 2.20. The Kier molecular flexibility index (Phi) is 4.93. The SMILES string of the molecule is CCNC(c1ccc(COC)o1)c1ccc(C)cc1F. The van der Waals surface area contributed by atoms with Crippen LogP contribution in [-0.2, 0) is 11.3 Å². The Morgan fingerprint density at radius 3 is 2.75 bits per heavy atom. The molecule has 1 aromatic carbocycles. The number of nitrogens with one attached hydrogen (secondary N) is 1. The maximum absolute atomic E-state index is 14.2. The van der Waals surface area contributed by atoms with Gasteiger partial charge in [-0.25, -0.2) is 4.39 Å². The van der Waals surface area contributed by atoms with Crippen molar-refractivity contribution in [3.63, 3.8) is 0 Å². The number of halogens is 1. The Labute approximate surface area is 118 Å². The van der Waals surface area contributed by atoms with Crippen molar-refractivity contribution in [3.8, 4) is 0 Å². The van der Waals surface area contributed by atoms with Crippen LogP contribution >= 0.6 is 0 Å². The van der Waals surface area contributed by atoms with Gasteiger partial charge >= 0.3 is 0 Å². The zero-order valence-electron chi connectivity index (χ0n) is 12.1. The molecule has 1 unspecified atom stereocenters. The van der Waals surface area contributed by atoms with Gasteiger partial charge < -0.3 is 14.5 Å². The molecule has 1 atom stereocenters. The van der Waals surface area contributed by atoms with E-state index in [1.54, 1.807) is 19.2 Å². The van der Waals surface area contributed by atoms with Crippen molar-refractivity contribution in [2.24, 2.45) is 0 Å². The lowest BCUT2D eigenvalue weighted by molar-refractivity contribution is 0.162. The van der Waals surface area contributed by atoms with Crippen LogP contribution in [0.4, 0.5) is 4.39 Å². The number of hydrogen-bond donors (Lipinski definition) is 1. The summed E-state index contributed by atoms with van der Waals surface area (Å²) in [5, 5.41) is 3.26. The Morgan fingerprint density at radius 2 is 2.10 bits per heavy atom. The first kappa shape index (κ1) is 14.8. The molecule has 1 N–H and O–H groups in total. The average Bonchev–Trinajstić information content (AvgIpc) is 2.86. The molecule has 3 nitrogen and oxygen atoms in total. The molecule has 1 heterocycles. The van der Waals surface area contributed by atoms with E-state index in [0.29, 0.717) is 17.9 Å². The van der Waals surface area contributed by atoms with Crippen LogP contribution in [0.25, 0.3) is 0 Å². The highest BCUT2D eigenvalue weighted by atomic mass is 19.1. The van der Waals surface area contributed by atoms with Crippen molar-refractivity contribution >= 4 is 0 Å². The molecule has 2 aromatic rings. The predicted octanol–water partition coefficient (Wildman–Crippen LogP) is 3.57. The van der Waals surface area contributed by atoms with Crippen molar-refractivity contribution in [3.05, 3.63) is 58.8 Å². The van der Waals surface area contributed by atoms with Gasteiger partial charge in [-0.2, -0.15) is 0 Å². The van der Waals surface area contributed by atoms with Gasteiger partial charge in [0.05, 0.1) is 6.04 Å². The minimum Gasteiger partial charge on any atom is -0.462 e. The number of methoxy groups -OCH3 is 1. The highest BCUT2D eigenvalue weighted by Crippen LogP contribution is 2.27. The smallest absolute Gasteiger partial charge is 0.129 e. The van der Waals surface area contributed by atoms with Crippen LogP contribution in [0.5, 0.6) is 0 Å². The monoisotopic (exact) mass is 277 g/mol. The van der Waals surface area contributed by atoms with E-state index in [-0.39, 0.29) is 11.9 Å². The third-order valence-electron chi connectivity index (χ3n) is 3.13. The van der Waals surface area contributed by atoms with Crippen molar-refractivity contribution < 1.29 is 13.5 Å². The minimum atomic E-state index is -0.286. The Bertz CT molecular complexity index is 565. The lowest BCUT2D eigenvalue weighted by Gasteiger charge is -2.17. The molecule has 0 bridgehead atoms. The van der Waals surface area contributed by atoms with Gasteiger partial charge in [-0.1, -0.05) is 19.1 Å². The molecule has 4 heteroatoms. The van der Waals surface area contributed by atoms with Crippen molar-refractivity contribution in [2.75, 3.05) is 13.7 Å². The number of ether oxygens (including phenoxy) is 1. The van der Waals surface area contributed by atoms with Crippen molar-refractivity contribution in [1.82, 2.24) is 5.32 Å². The second-order valence-electron chi connectivity index (χ2n) is 4.75. The molecule has 0 aliphatic heterocycles. The molecule has 0 saturated carbocycles. The first-order valence-electron chi connectivity index (χ1n) is 6.72. The molecule has 1 aromatic heterocycles. The number of rotatable bonds is 6. The summed E-state index contributed by atoms with van der Waals surface area (Å²) in [5.74, 6) is 1.21. The first-order chi connectivity index (χ1) is 9.65. The summed E-state index contributed by atoms with van der Waals surface area (Å²) in [6.07, 6.45) is 0. The van der Waals surface area contributed by atoms with Gasteiger partial charge in [0.1, 0.15) is 23.9 Å². The van der Waals surface area contributed by atoms with Gasteiger partial charge in [0.2, 0.25) is 0 Å². The van der Waals surface area contributed by atoms with Crippen LogP contribution in [0.1, 0.15) is 35.6 Å². The van der Waals surface area contributed by atoms with E-state index in [0.717, 1.165) is 17.9 Å². The molecule has 108 valence electrons. The van der Waals surface area contributed by atoms with E-state index in [9.17, 15) is 4.39 Å². The predicted molar refractivity (Wildman–Crippen MR) is 76.1 cm³/mol. The summed E-state index contributed by atoms with van der Waals surface area (Å²) in [5.41, 5.74) is 1.50. The van der Waals surface area contributed by atoms with E-state index in [1.807, 2.05) is 32.0 Å². The summed E-state index contributed by atoms with van der Waals surface area (Å²) in [4.78, 5) is 0. The second-order valence-corrected chi connectivity index (χ2v) is 4.75. The second kappa shape index (κ2) is 6.68. The molecule has 0 amide bonds. The normalized spacial score (nSPS) is 12.6. The van der Waals surface area contributed by atoms with Crippen LogP contribution in [0.15, 0.2) is 34.7 Å². The Hall–Kier alpha value is -1.65. The lowest BCUT2D eigenvalue weighted by atomic mass is 10.0. The van der Waals surface area contributed by atoms with E-state index in [1.165, 1.54) is 0 Å². The molecule has 0 aliphatic carbocycles. The number of aryl methyl sites for hydroxylation is 1. The van der Waals surface area contributed by atoms with Gasteiger partial charge in [0, 0.05) is 12.7 Å². The summed E-state index contributed by atoms with van der Waals surface area (Å²) < 4.78 is 24.9. The molecule has 0 aliphatic rings. The molecular formula is C16H20FNO2. The van der Waals surface area contributed by atoms with E-state index >= 15 is 0 Å². The van der Waals surface area contributed by atoms with Gasteiger partial charge in [0.15, 0.2) is 0 Å². The number of benzene rings is 1. The largest absolute Gasteiger partial charge is 0.462 e. The molecule has 2 rings (SSSR count). The summed E-state index contributed by atoms with van der Waals surface area (Å²) in [6.45, 7) is 4.99. The summed E-state index contributed by atoms with van der Waals surface area (Å²) in [7, 11) is 1.61. The first-order valence-corrected chi connectivity index (χ1v) is 6.72. The van der Waals surface area contributed by atoms with Crippen LogP contribution < -0.4 is 5.32 Å². The highest BCUT2D eigenvalue weighted by molar-refractivity contribution is 5.31. The zero-order valence-corrected chi connectivity index (χ0v) is 12.1. The fraction of sp³-hybridized carbons (Fsp3) is 0.375.